The molecule has 9 heavy (non-hydrogen) atoms. The van der Waals surface area contributed by atoms with Crippen LogP contribution in [0.15, 0.2) is 0 Å². The van der Waals surface area contributed by atoms with Crippen LogP contribution in [0.4, 0.5) is 0 Å². The molecule has 0 spiro atoms. The second kappa shape index (κ2) is 3.15. The summed E-state index contributed by atoms with van der Waals surface area (Å²) in [5.41, 5.74) is 0. The highest BCUT2D eigenvalue weighted by Crippen LogP contribution is 2.28. The van der Waals surface area contributed by atoms with Crippen molar-refractivity contribution in [2.24, 2.45) is 5.92 Å². The van der Waals surface area contributed by atoms with Crippen LogP contribution in [0.2, 0.25) is 0 Å². The van der Waals surface area contributed by atoms with Crippen molar-refractivity contribution < 1.29 is 14.9 Å². The van der Waals surface area contributed by atoms with Gasteiger partial charge in [-0.05, 0) is 18.8 Å². The fourth-order valence-electron chi connectivity index (χ4n) is 0.625. The first-order valence-corrected chi connectivity index (χ1v) is 3.23. The first kappa shape index (κ1) is 6.99. The van der Waals surface area contributed by atoms with E-state index in [0.29, 0.717) is 12.5 Å². The summed E-state index contributed by atoms with van der Waals surface area (Å²) in [5, 5.41) is 16.6. The molecule has 1 aliphatic carbocycles. The summed E-state index contributed by atoms with van der Waals surface area (Å²) in [6, 6.07) is 0. The lowest BCUT2D eigenvalue weighted by Crippen LogP contribution is -2.14. The Morgan fingerprint density at radius 3 is 2.56 bits per heavy atom. The van der Waals surface area contributed by atoms with Gasteiger partial charge in [0.25, 0.3) is 0 Å². The lowest BCUT2D eigenvalue weighted by atomic mass is 10.5. The number of hydrogen-bond acceptors (Lipinski definition) is 3. The van der Waals surface area contributed by atoms with Gasteiger partial charge >= 0.3 is 0 Å². The highest BCUT2D eigenvalue weighted by atomic mass is 16.5. The molecule has 3 nitrogen and oxygen atoms in total. The van der Waals surface area contributed by atoms with Gasteiger partial charge in [-0.2, -0.15) is 0 Å². The first-order chi connectivity index (χ1) is 4.29. The van der Waals surface area contributed by atoms with Crippen molar-refractivity contribution in [2.45, 2.75) is 19.1 Å². The Labute approximate surface area is 54.3 Å². The molecule has 0 aromatic heterocycles. The Balaban J connectivity index is 1.81. The fraction of sp³-hybridized carbons (Fsp3) is 1.00. The Hall–Kier alpha value is -0.120. The van der Waals surface area contributed by atoms with Crippen LogP contribution in [0, 0.1) is 5.92 Å². The predicted molar refractivity (Wildman–Crippen MR) is 31.8 cm³/mol. The van der Waals surface area contributed by atoms with Gasteiger partial charge in [-0.25, -0.2) is 0 Å². The Morgan fingerprint density at radius 1 is 1.44 bits per heavy atom. The molecule has 2 N–H and O–H groups in total. The number of hydrogen-bond donors (Lipinski definition) is 2. The smallest absolute Gasteiger partial charge is 0.175 e. The number of ether oxygens (including phenoxy) is 1. The van der Waals surface area contributed by atoms with Crippen LogP contribution < -0.4 is 0 Å². The van der Waals surface area contributed by atoms with Gasteiger partial charge in [-0.15, -0.1) is 0 Å². The standard InChI is InChI=1S/C6H12O3/c7-6(8)4-9-3-5-1-2-5/h5-8H,1-4H2. The fourth-order valence-corrected chi connectivity index (χ4v) is 0.625. The second-order valence-corrected chi connectivity index (χ2v) is 2.46. The van der Waals surface area contributed by atoms with Crippen molar-refractivity contribution in [2.75, 3.05) is 13.2 Å². The molecule has 0 bridgehead atoms. The third kappa shape index (κ3) is 3.46. The van der Waals surface area contributed by atoms with E-state index in [1.165, 1.54) is 12.8 Å². The van der Waals surface area contributed by atoms with Crippen molar-refractivity contribution in [3.05, 3.63) is 0 Å². The molecule has 1 aliphatic rings. The third-order valence-corrected chi connectivity index (χ3v) is 1.32. The molecule has 0 heterocycles. The number of aliphatic hydroxyl groups excluding tert-OH is 1. The quantitative estimate of drug-likeness (QED) is 0.517. The molecule has 3 heteroatoms. The van der Waals surface area contributed by atoms with E-state index in [2.05, 4.69) is 0 Å². The van der Waals surface area contributed by atoms with Crippen LogP contribution in [0.3, 0.4) is 0 Å². The molecule has 0 saturated heterocycles. The van der Waals surface area contributed by atoms with E-state index >= 15 is 0 Å². The van der Waals surface area contributed by atoms with Crippen molar-refractivity contribution in [3.8, 4) is 0 Å². The molecule has 54 valence electrons. The van der Waals surface area contributed by atoms with Gasteiger partial charge in [0.2, 0.25) is 0 Å². The van der Waals surface area contributed by atoms with Gasteiger partial charge in [0.1, 0.15) is 0 Å². The first-order valence-electron chi connectivity index (χ1n) is 3.23. The monoisotopic (exact) mass is 132 g/mol. The van der Waals surface area contributed by atoms with Gasteiger partial charge in [0, 0.05) is 6.61 Å². The third-order valence-electron chi connectivity index (χ3n) is 1.32. The Morgan fingerprint density at radius 2 is 2.11 bits per heavy atom. The maximum Gasteiger partial charge on any atom is 0.175 e. The normalized spacial score (nSPS) is 19.0. The van der Waals surface area contributed by atoms with Gasteiger partial charge in [-0.3, -0.25) is 0 Å². The van der Waals surface area contributed by atoms with Crippen LogP contribution in [-0.2, 0) is 4.74 Å². The molecule has 0 amide bonds. The van der Waals surface area contributed by atoms with E-state index in [1.807, 2.05) is 0 Å². The molecule has 0 aliphatic heterocycles. The molecule has 0 aromatic carbocycles. The average molecular weight is 132 g/mol. The SMILES string of the molecule is OC(O)COCC1CC1. The van der Waals surface area contributed by atoms with Gasteiger partial charge < -0.3 is 14.9 Å². The highest BCUT2D eigenvalue weighted by Gasteiger charge is 2.21. The molecule has 1 saturated carbocycles. The van der Waals surface area contributed by atoms with E-state index in [0.717, 1.165) is 0 Å². The van der Waals surface area contributed by atoms with E-state index in [-0.39, 0.29) is 6.61 Å². The minimum absolute atomic E-state index is 0.0521. The summed E-state index contributed by atoms with van der Waals surface area (Å²) in [7, 11) is 0. The minimum Gasteiger partial charge on any atom is -0.376 e. The zero-order valence-corrected chi connectivity index (χ0v) is 5.29. The molecule has 0 aromatic rings. The van der Waals surface area contributed by atoms with Crippen molar-refractivity contribution in [1.29, 1.82) is 0 Å². The Kier molecular flexibility index (Phi) is 2.45. The largest absolute Gasteiger partial charge is 0.376 e. The molecule has 0 radical (unpaired) electrons. The van der Waals surface area contributed by atoms with Crippen LogP contribution >= 0.6 is 0 Å². The molecule has 1 fully saturated rings. The summed E-state index contributed by atoms with van der Waals surface area (Å²) in [4.78, 5) is 0. The molecular weight excluding hydrogens is 120 g/mol. The van der Waals surface area contributed by atoms with E-state index < -0.39 is 6.29 Å². The zero-order chi connectivity index (χ0) is 6.69. The maximum atomic E-state index is 8.32. The lowest BCUT2D eigenvalue weighted by molar-refractivity contribution is -0.0959. The average Bonchev–Trinajstić information content (AvgIpc) is 2.48. The molecule has 1 rings (SSSR count). The van der Waals surface area contributed by atoms with Gasteiger partial charge in [-0.1, -0.05) is 0 Å². The summed E-state index contributed by atoms with van der Waals surface area (Å²) in [5.74, 6) is 0.698. The molecular formula is C6H12O3. The van der Waals surface area contributed by atoms with Gasteiger partial charge in [0.05, 0.1) is 6.61 Å². The van der Waals surface area contributed by atoms with E-state index in [9.17, 15) is 0 Å². The summed E-state index contributed by atoms with van der Waals surface area (Å²) >= 11 is 0. The summed E-state index contributed by atoms with van der Waals surface area (Å²) < 4.78 is 4.92. The van der Waals surface area contributed by atoms with Gasteiger partial charge in [0.15, 0.2) is 6.29 Å². The van der Waals surface area contributed by atoms with E-state index in [1.54, 1.807) is 0 Å². The van der Waals surface area contributed by atoms with Crippen molar-refractivity contribution >= 4 is 0 Å². The number of aliphatic hydroxyl groups is 2. The topological polar surface area (TPSA) is 49.7 Å². The van der Waals surface area contributed by atoms with E-state index in [4.69, 9.17) is 14.9 Å². The summed E-state index contributed by atoms with van der Waals surface area (Å²) in [6.07, 6.45) is 1.17. The minimum atomic E-state index is -1.30. The van der Waals surface area contributed by atoms with Crippen molar-refractivity contribution in [3.63, 3.8) is 0 Å². The lowest BCUT2D eigenvalue weighted by Gasteiger charge is -2.02. The van der Waals surface area contributed by atoms with Crippen LogP contribution in [0.25, 0.3) is 0 Å². The molecule has 0 unspecified atom stereocenters. The predicted octanol–water partition coefficient (Wildman–Crippen LogP) is -0.276. The highest BCUT2D eigenvalue weighted by molar-refractivity contribution is 4.71. The second-order valence-electron chi connectivity index (χ2n) is 2.46. The Bertz CT molecular complexity index is 76.4. The van der Waals surface area contributed by atoms with Crippen LogP contribution in [0.1, 0.15) is 12.8 Å². The number of rotatable bonds is 4. The van der Waals surface area contributed by atoms with Crippen molar-refractivity contribution in [1.82, 2.24) is 0 Å². The van der Waals surface area contributed by atoms with Crippen LogP contribution in [0.5, 0.6) is 0 Å². The maximum absolute atomic E-state index is 8.32. The molecule has 0 atom stereocenters. The summed E-state index contributed by atoms with van der Waals surface area (Å²) in [6.45, 7) is 0.744. The van der Waals surface area contributed by atoms with Crippen LogP contribution in [-0.4, -0.2) is 29.7 Å². The zero-order valence-electron chi connectivity index (χ0n) is 5.29.